The topological polar surface area (TPSA) is 72.8 Å². The summed E-state index contributed by atoms with van der Waals surface area (Å²) in [6.45, 7) is 0. The first-order chi connectivity index (χ1) is 10.6. The molecule has 1 fully saturated rings. The van der Waals surface area contributed by atoms with Gasteiger partial charge in [-0.2, -0.15) is 0 Å². The number of phenols is 2. The summed E-state index contributed by atoms with van der Waals surface area (Å²) in [6, 6.07) is 12.1. The minimum absolute atomic E-state index is 0.00163. The van der Waals surface area contributed by atoms with Crippen LogP contribution in [0, 0.1) is 0 Å². The van der Waals surface area contributed by atoms with Gasteiger partial charge in [0.15, 0.2) is 0 Å². The van der Waals surface area contributed by atoms with Crippen molar-refractivity contribution in [2.24, 2.45) is 0 Å². The molecule has 5 nitrogen and oxygen atoms in total. The summed E-state index contributed by atoms with van der Waals surface area (Å²) in [5, 5.41) is 23.0. The molecule has 0 saturated heterocycles. The van der Waals surface area contributed by atoms with Crippen LogP contribution in [0.3, 0.4) is 0 Å². The molecule has 5 heteroatoms. The monoisotopic (exact) mass is 296 g/mol. The maximum absolute atomic E-state index is 12.8. The smallest absolute Gasteiger partial charge is 0.258 e. The number of anilines is 1. The second-order valence-corrected chi connectivity index (χ2v) is 5.78. The number of hydrogen-bond acceptors (Lipinski definition) is 4. The standard InChI is InChI=1S/C17H16N2O3/c20-11-7-8-13(15(21)9-11)16-18-14-4-2-1-3-12(14)17(22)19(16)10-5-6-10/h1-4,7-10,16,18,20-21H,5-6H2/t16-/m1/s1. The zero-order valence-electron chi connectivity index (χ0n) is 11.9. The van der Waals surface area contributed by atoms with Crippen molar-refractivity contribution in [1.82, 2.24) is 4.90 Å². The van der Waals surface area contributed by atoms with E-state index in [-0.39, 0.29) is 23.4 Å². The highest BCUT2D eigenvalue weighted by Crippen LogP contribution is 2.43. The van der Waals surface area contributed by atoms with E-state index in [4.69, 9.17) is 0 Å². The van der Waals surface area contributed by atoms with E-state index in [2.05, 4.69) is 5.32 Å². The van der Waals surface area contributed by atoms with E-state index in [0.29, 0.717) is 11.1 Å². The van der Waals surface area contributed by atoms with Crippen molar-refractivity contribution in [3.8, 4) is 11.5 Å². The summed E-state index contributed by atoms with van der Waals surface area (Å²) >= 11 is 0. The molecule has 1 aliphatic carbocycles. The Balaban J connectivity index is 1.82. The van der Waals surface area contributed by atoms with Crippen LogP contribution in [0.15, 0.2) is 42.5 Å². The predicted molar refractivity (Wildman–Crippen MR) is 81.8 cm³/mol. The van der Waals surface area contributed by atoms with Crippen LogP contribution < -0.4 is 5.32 Å². The van der Waals surface area contributed by atoms with Crippen molar-refractivity contribution in [2.75, 3.05) is 5.32 Å². The van der Waals surface area contributed by atoms with Gasteiger partial charge in [0.05, 0.1) is 5.56 Å². The lowest BCUT2D eigenvalue weighted by Gasteiger charge is -2.38. The van der Waals surface area contributed by atoms with Crippen molar-refractivity contribution < 1.29 is 15.0 Å². The first-order valence-electron chi connectivity index (χ1n) is 7.35. The molecule has 0 aromatic heterocycles. The number of benzene rings is 2. The van der Waals surface area contributed by atoms with Crippen LogP contribution in [0.1, 0.15) is 34.9 Å². The average Bonchev–Trinajstić information content (AvgIpc) is 3.32. The molecule has 1 amide bonds. The number of nitrogens with zero attached hydrogens (tertiary/aromatic N) is 1. The zero-order chi connectivity index (χ0) is 15.3. The lowest BCUT2D eigenvalue weighted by atomic mass is 10.0. The van der Waals surface area contributed by atoms with Crippen molar-refractivity contribution >= 4 is 11.6 Å². The van der Waals surface area contributed by atoms with E-state index in [1.807, 2.05) is 24.3 Å². The highest BCUT2D eigenvalue weighted by Gasteiger charge is 2.42. The number of nitrogens with one attached hydrogen (secondary N) is 1. The molecular weight excluding hydrogens is 280 g/mol. The lowest BCUT2D eigenvalue weighted by molar-refractivity contribution is 0.0664. The molecule has 0 bridgehead atoms. The molecule has 3 N–H and O–H groups in total. The largest absolute Gasteiger partial charge is 0.508 e. The van der Waals surface area contributed by atoms with Gasteiger partial charge in [0.25, 0.3) is 5.91 Å². The Bertz CT molecular complexity index is 755. The molecule has 22 heavy (non-hydrogen) atoms. The maximum Gasteiger partial charge on any atom is 0.258 e. The van der Waals surface area contributed by atoms with Crippen molar-refractivity contribution in [2.45, 2.75) is 25.0 Å². The van der Waals surface area contributed by atoms with Gasteiger partial charge in [-0.1, -0.05) is 12.1 Å². The Labute approximate surface area is 127 Å². The first-order valence-corrected chi connectivity index (χ1v) is 7.35. The third-order valence-corrected chi connectivity index (χ3v) is 4.21. The number of rotatable bonds is 2. The molecule has 1 aliphatic heterocycles. The Hall–Kier alpha value is -2.69. The maximum atomic E-state index is 12.8. The summed E-state index contributed by atoms with van der Waals surface area (Å²) in [7, 11) is 0. The fourth-order valence-corrected chi connectivity index (χ4v) is 2.99. The van der Waals surface area contributed by atoms with Gasteiger partial charge in [-0.15, -0.1) is 0 Å². The number of carbonyl (C=O) groups excluding carboxylic acids is 1. The zero-order valence-corrected chi connectivity index (χ0v) is 11.9. The number of hydrogen-bond donors (Lipinski definition) is 3. The van der Waals surface area contributed by atoms with Crippen molar-refractivity contribution in [3.63, 3.8) is 0 Å². The van der Waals surface area contributed by atoms with Gasteiger partial charge in [0.2, 0.25) is 0 Å². The molecule has 0 radical (unpaired) electrons. The SMILES string of the molecule is O=C1c2ccccc2N[C@@H](c2ccc(O)cc2O)N1C1CC1. The van der Waals surface area contributed by atoms with Gasteiger partial charge in [0.1, 0.15) is 17.7 Å². The van der Waals surface area contributed by atoms with Crippen LogP contribution in [0.2, 0.25) is 0 Å². The predicted octanol–water partition coefficient (Wildman–Crippen LogP) is 2.83. The van der Waals surface area contributed by atoms with Gasteiger partial charge in [-0.25, -0.2) is 0 Å². The molecule has 2 aromatic rings. The first kappa shape index (κ1) is 13.0. The van der Waals surface area contributed by atoms with Gasteiger partial charge < -0.3 is 20.4 Å². The van der Waals surface area contributed by atoms with Gasteiger partial charge >= 0.3 is 0 Å². The summed E-state index contributed by atoms with van der Waals surface area (Å²) in [5.41, 5.74) is 2.01. The Morgan fingerprint density at radius 1 is 1.09 bits per heavy atom. The molecule has 4 rings (SSSR count). The average molecular weight is 296 g/mol. The van der Waals surface area contributed by atoms with E-state index in [1.54, 1.807) is 11.0 Å². The third kappa shape index (κ3) is 1.97. The number of amides is 1. The fraction of sp³-hybridized carbons (Fsp3) is 0.235. The van der Waals surface area contributed by atoms with E-state index in [9.17, 15) is 15.0 Å². The molecule has 0 spiro atoms. The van der Waals surface area contributed by atoms with Crippen LogP contribution >= 0.6 is 0 Å². The second kappa shape index (κ2) is 4.66. The quantitative estimate of drug-likeness (QED) is 0.797. The van der Waals surface area contributed by atoms with Crippen molar-refractivity contribution in [3.05, 3.63) is 53.6 Å². The second-order valence-electron chi connectivity index (χ2n) is 5.78. The van der Waals surface area contributed by atoms with E-state index in [1.165, 1.54) is 12.1 Å². The number of phenolic OH excluding ortho intramolecular Hbond substituents is 2. The molecule has 1 atom stereocenters. The lowest BCUT2D eigenvalue weighted by Crippen LogP contribution is -2.44. The molecule has 1 saturated carbocycles. The molecule has 1 heterocycles. The fourth-order valence-electron chi connectivity index (χ4n) is 2.99. The van der Waals surface area contributed by atoms with E-state index in [0.717, 1.165) is 18.5 Å². The van der Waals surface area contributed by atoms with Crippen LogP contribution in [-0.4, -0.2) is 27.1 Å². The number of fused-ring (bicyclic) bond motifs is 1. The Morgan fingerprint density at radius 2 is 1.86 bits per heavy atom. The Morgan fingerprint density at radius 3 is 2.59 bits per heavy atom. The van der Waals surface area contributed by atoms with E-state index >= 15 is 0 Å². The molecular formula is C17H16N2O3. The summed E-state index contributed by atoms with van der Waals surface area (Å²) < 4.78 is 0. The third-order valence-electron chi connectivity index (χ3n) is 4.21. The summed E-state index contributed by atoms with van der Waals surface area (Å²) in [6.07, 6.45) is 1.53. The van der Waals surface area contributed by atoms with Crippen LogP contribution in [0.4, 0.5) is 5.69 Å². The number of para-hydroxylation sites is 1. The summed E-state index contributed by atoms with van der Waals surface area (Å²) in [4.78, 5) is 14.6. The van der Waals surface area contributed by atoms with Crippen LogP contribution in [-0.2, 0) is 0 Å². The van der Waals surface area contributed by atoms with Gasteiger partial charge in [-0.05, 0) is 37.1 Å². The molecule has 2 aromatic carbocycles. The molecule has 112 valence electrons. The van der Waals surface area contributed by atoms with Crippen molar-refractivity contribution in [1.29, 1.82) is 0 Å². The summed E-state index contributed by atoms with van der Waals surface area (Å²) in [5.74, 6) is -0.0357. The molecule has 0 unspecified atom stereocenters. The minimum atomic E-state index is -0.421. The van der Waals surface area contributed by atoms with E-state index < -0.39 is 6.17 Å². The Kier molecular flexibility index (Phi) is 2.76. The van der Waals surface area contributed by atoms with Crippen LogP contribution in [0.5, 0.6) is 11.5 Å². The van der Waals surface area contributed by atoms with Gasteiger partial charge in [-0.3, -0.25) is 4.79 Å². The van der Waals surface area contributed by atoms with Gasteiger partial charge in [0, 0.05) is 23.4 Å². The number of carbonyl (C=O) groups is 1. The van der Waals surface area contributed by atoms with Crippen LogP contribution in [0.25, 0.3) is 0 Å². The minimum Gasteiger partial charge on any atom is -0.508 e. The number of aromatic hydroxyl groups is 2. The molecule has 2 aliphatic rings. The highest BCUT2D eigenvalue weighted by atomic mass is 16.3. The normalized spacial score (nSPS) is 20.5. The highest BCUT2D eigenvalue weighted by molar-refractivity contribution is 6.02.